The van der Waals surface area contributed by atoms with Crippen molar-refractivity contribution < 1.29 is 13.2 Å². The van der Waals surface area contributed by atoms with Gasteiger partial charge in [0.05, 0.1) is 11.4 Å². The second-order valence-electron chi connectivity index (χ2n) is 7.54. The van der Waals surface area contributed by atoms with E-state index in [2.05, 4.69) is 5.32 Å². The zero-order chi connectivity index (χ0) is 22.6. The van der Waals surface area contributed by atoms with Gasteiger partial charge in [0.15, 0.2) is 0 Å². The summed E-state index contributed by atoms with van der Waals surface area (Å²) in [5.74, 6) is -0.420. The number of aryl methyl sites for hydroxylation is 3. The first-order chi connectivity index (χ1) is 14.7. The number of nitrogens with zero attached hydrogens (tertiary/aromatic N) is 1. The molecule has 31 heavy (non-hydrogen) atoms. The largest absolute Gasteiger partial charge is 0.325 e. The zero-order valence-corrected chi connectivity index (χ0v) is 19.3. The first-order valence-electron chi connectivity index (χ1n) is 9.84. The molecule has 0 aromatic heterocycles. The summed E-state index contributed by atoms with van der Waals surface area (Å²) in [7, 11) is -3.92. The number of hydrogen-bond acceptors (Lipinski definition) is 3. The minimum Gasteiger partial charge on any atom is -0.325 e. The molecule has 0 radical (unpaired) electrons. The van der Waals surface area contributed by atoms with Gasteiger partial charge in [-0.25, -0.2) is 8.42 Å². The van der Waals surface area contributed by atoms with Crippen LogP contribution in [0.15, 0.2) is 71.6 Å². The molecule has 0 saturated carbocycles. The summed E-state index contributed by atoms with van der Waals surface area (Å²) < 4.78 is 27.9. The summed E-state index contributed by atoms with van der Waals surface area (Å²) in [4.78, 5) is 13.0. The molecule has 0 fully saturated rings. The van der Waals surface area contributed by atoms with E-state index in [1.54, 1.807) is 48.5 Å². The van der Waals surface area contributed by atoms with Crippen LogP contribution >= 0.6 is 11.6 Å². The first kappa shape index (κ1) is 23.0. The summed E-state index contributed by atoms with van der Waals surface area (Å²) in [6.07, 6.45) is 0. The number of benzene rings is 3. The van der Waals surface area contributed by atoms with Crippen molar-refractivity contribution in [3.05, 3.63) is 94.0 Å². The van der Waals surface area contributed by atoms with Crippen molar-refractivity contribution >= 4 is 33.2 Å². The average molecular weight is 457 g/mol. The molecule has 3 rings (SSSR count). The normalized spacial score (nSPS) is 11.5. The topological polar surface area (TPSA) is 66.5 Å². The average Bonchev–Trinajstić information content (AvgIpc) is 2.72. The van der Waals surface area contributed by atoms with E-state index in [4.69, 9.17) is 11.6 Å². The lowest BCUT2D eigenvalue weighted by molar-refractivity contribution is -0.116. The second kappa shape index (κ2) is 9.64. The van der Waals surface area contributed by atoms with Crippen LogP contribution in [0.25, 0.3) is 0 Å². The van der Waals surface area contributed by atoms with Gasteiger partial charge in [-0.2, -0.15) is 4.31 Å². The summed E-state index contributed by atoms with van der Waals surface area (Å²) in [6, 6.07) is 19.3. The van der Waals surface area contributed by atoms with Gasteiger partial charge in [0.25, 0.3) is 0 Å². The molecule has 0 aliphatic carbocycles. The summed E-state index contributed by atoms with van der Waals surface area (Å²) >= 11 is 6.27. The minimum atomic E-state index is -3.92. The van der Waals surface area contributed by atoms with E-state index in [9.17, 15) is 13.2 Å². The van der Waals surface area contributed by atoms with E-state index in [0.29, 0.717) is 16.3 Å². The number of carbonyl (C=O) groups excluding carboxylic acids is 1. The van der Waals surface area contributed by atoms with Gasteiger partial charge in [-0.3, -0.25) is 4.79 Å². The highest BCUT2D eigenvalue weighted by Crippen LogP contribution is 2.23. The number of sulfonamides is 1. The lowest BCUT2D eigenvalue weighted by atomic mass is 10.1. The maximum absolute atomic E-state index is 13.4. The highest BCUT2D eigenvalue weighted by atomic mass is 35.5. The van der Waals surface area contributed by atoms with Crippen LogP contribution < -0.4 is 5.32 Å². The Labute approximate surface area is 188 Å². The number of amides is 1. The van der Waals surface area contributed by atoms with Crippen LogP contribution in [0.4, 0.5) is 5.69 Å². The number of hydrogen-bond donors (Lipinski definition) is 1. The fourth-order valence-electron chi connectivity index (χ4n) is 3.12. The molecule has 5 nitrogen and oxygen atoms in total. The predicted molar refractivity (Wildman–Crippen MR) is 125 cm³/mol. The van der Waals surface area contributed by atoms with Crippen molar-refractivity contribution in [2.45, 2.75) is 32.2 Å². The Morgan fingerprint density at radius 2 is 1.58 bits per heavy atom. The summed E-state index contributed by atoms with van der Waals surface area (Å²) in [6.45, 7) is 5.35. The van der Waals surface area contributed by atoms with Crippen LogP contribution in [0, 0.1) is 20.8 Å². The van der Waals surface area contributed by atoms with Crippen LogP contribution in [-0.4, -0.2) is 25.2 Å². The van der Waals surface area contributed by atoms with E-state index >= 15 is 0 Å². The zero-order valence-electron chi connectivity index (χ0n) is 17.7. The van der Waals surface area contributed by atoms with Crippen molar-refractivity contribution in [3.63, 3.8) is 0 Å². The molecule has 0 bridgehead atoms. The Hall–Kier alpha value is -2.67. The Morgan fingerprint density at radius 3 is 2.26 bits per heavy atom. The number of nitrogens with one attached hydrogen (secondary N) is 1. The van der Waals surface area contributed by atoms with E-state index in [0.717, 1.165) is 21.0 Å². The van der Waals surface area contributed by atoms with E-state index < -0.39 is 15.9 Å². The molecule has 0 spiro atoms. The summed E-state index contributed by atoms with van der Waals surface area (Å²) in [5, 5.41) is 3.28. The Morgan fingerprint density at radius 1 is 0.935 bits per heavy atom. The molecular weight excluding hydrogens is 432 g/mol. The lowest BCUT2D eigenvalue weighted by Gasteiger charge is -2.23. The Balaban J connectivity index is 1.91. The lowest BCUT2D eigenvalue weighted by Crippen LogP contribution is -2.37. The van der Waals surface area contributed by atoms with Crippen LogP contribution in [0.3, 0.4) is 0 Å². The Kier molecular flexibility index (Phi) is 7.15. The monoisotopic (exact) mass is 456 g/mol. The van der Waals surface area contributed by atoms with Gasteiger partial charge in [0.2, 0.25) is 15.9 Å². The Bertz CT molecular complexity index is 1190. The molecule has 0 saturated heterocycles. The maximum Gasteiger partial charge on any atom is 0.243 e. The maximum atomic E-state index is 13.4. The first-order valence-corrected chi connectivity index (χ1v) is 11.7. The summed E-state index contributed by atoms with van der Waals surface area (Å²) in [5.41, 5.74) is 4.14. The molecule has 3 aromatic carbocycles. The van der Waals surface area contributed by atoms with E-state index in [1.807, 2.05) is 39.0 Å². The molecule has 1 N–H and O–H groups in total. The fourth-order valence-corrected chi connectivity index (χ4v) is 4.69. The molecule has 7 heteroatoms. The van der Waals surface area contributed by atoms with Gasteiger partial charge in [-0.05, 0) is 61.7 Å². The standard InChI is InChI=1S/C24H25ClN2O3S/c1-17-9-12-21(13-10-17)31(29,30)27(15-20-6-4-5-7-22(20)25)16-24(28)26-23-14-18(2)8-11-19(23)3/h4-14H,15-16H2,1-3H3,(H,26,28). The molecule has 162 valence electrons. The third kappa shape index (κ3) is 5.73. The quantitative estimate of drug-likeness (QED) is 0.538. The van der Waals surface area contributed by atoms with Gasteiger partial charge in [-0.15, -0.1) is 0 Å². The third-order valence-corrected chi connectivity index (χ3v) is 7.13. The van der Waals surface area contributed by atoms with Crippen LogP contribution in [0.2, 0.25) is 5.02 Å². The third-order valence-electron chi connectivity index (χ3n) is 4.95. The molecule has 0 unspecified atom stereocenters. The molecule has 0 aliphatic heterocycles. The van der Waals surface area contributed by atoms with Crippen LogP contribution in [0.1, 0.15) is 22.3 Å². The molecule has 3 aromatic rings. The van der Waals surface area contributed by atoms with Crippen molar-refractivity contribution in [1.82, 2.24) is 4.31 Å². The predicted octanol–water partition coefficient (Wildman–Crippen LogP) is 5.09. The van der Waals surface area contributed by atoms with Crippen LogP contribution in [-0.2, 0) is 21.4 Å². The van der Waals surface area contributed by atoms with Gasteiger partial charge >= 0.3 is 0 Å². The number of rotatable bonds is 7. The van der Waals surface area contributed by atoms with Gasteiger partial charge in [0, 0.05) is 17.3 Å². The van der Waals surface area contributed by atoms with Gasteiger partial charge in [-0.1, -0.05) is 59.6 Å². The molecule has 0 aliphatic rings. The second-order valence-corrected chi connectivity index (χ2v) is 9.89. The molecular formula is C24H25ClN2O3S. The van der Waals surface area contributed by atoms with Crippen molar-refractivity contribution in [1.29, 1.82) is 0 Å². The van der Waals surface area contributed by atoms with E-state index in [1.165, 1.54) is 0 Å². The van der Waals surface area contributed by atoms with Crippen molar-refractivity contribution in [3.8, 4) is 0 Å². The number of carbonyl (C=O) groups is 1. The minimum absolute atomic E-state index is 0.0178. The molecule has 0 heterocycles. The SMILES string of the molecule is Cc1ccc(S(=O)(=O)N(CC(=O)Nc2cc(C)ccc2C)Cc2ccccc2Cl)cc1. The van der Waals surface area contributed by atoms with Gasteiger partial charge < -0.3 is 5.32 Å². The highest BCUT2D eigenvalue weighted by Gasteiger charge is 2.27. The van der Waals surface area contributed by atoms with Crippen molar-refractivity contribution in [2.24, 2.45) is 0 Å². The van der Waals surface area contributed by atoms with Crippen molar-refractivity contribution in [2.75, 3.05) is 11.9 Å². The molecule has 0 atom stereocenters. The smallest absolute Gasteiger partial charge is 0.243 e. The fraction of sp³-hybridized carbons (Fsp3) is 0.208. The number of halogens is 1. The van der Waals surface area contributed by atoms with E-state index in [-0.39, 0.29) is 18.0 Å². The van der Waals surface area contributed by atoms with Crippen LogP contribution in [0.5, 0.6) is 0 Å². The molecule has 1 amide bonds. The highest BCUT2D eigenvalue weighted by molar-refractivity contribution is 7.89. The number of anilines is 1. The van der Waals surface area contributed by atoms with Gasteiger partial charge in [0.1, 0.15) is 0 Å².